The van der Waals surface area contributed by atoms with Crippen molar-refractivity contribution in [2.75, 3.05) is 5.73 Å². The maximum Gasteiger partial charge on any atom is 0.419 e. The lowest BCUT2D eigenvalue weighted by Crippen LogP contribution is -2.19. The number of halogens is 6. The van der Waals surface area contributed by atoms with Crippen molar-refractivity contribution >= 4 is 11.5 Å². The van der Waals surface area contributed by atoms with Crippen LogP contribution < -0.4 is 5.73 Å². The molecule has 2 N–H and O–H groups in total. The molecule has 1 aromatic carbocycles. The van der Waals surface area contributed by atoms with E-state index >= 15 is 0 Å². The fraction of sp³-hybridized carbons (Fsp3) is 0.300. The minimum absolute atomic E-state index is 0.362. The zero-order chi connectivity index (χ0) is 14.3. The molecule has 0 aliphatic rings. The molecular weight excluding hydrogens is 264 g/mol. The summed E-state index contributed by atoms with van der Waals surface area (Å²) in [5, 5.41) is 0. The highest BCUT2D eigenvalue weighted by Gasteiger charge is 2.42. The quantitative estimate of drug-likeness (QED) is 0.482. The van der Waals surface area contributed by atoms with E-state index in [1.54, 1.807) is 0 Å². The minimum Gasteiger partial charge on any atom is -0.398 e. The molecule has 0 radical (unpaired) electrons. The van der Waals surface area contributed by atoms with Crippen LogP contribution >= 0.6 is 0 Å². The molecule has 0 fully saturated rings. The fourth-order valence-corrected chi connectivity index (χ4v) is 1.47. The molecule has 0 heterocycles. The predicted octanol–water partition coefficient (Wildman–Crippen LogP) is 3.51. The number of ketones is 1. The second kappa shape index (κ2) is 4.18. The van der Waals surface area contributed by atoms with E-state index in [0.717, 1.165) is 6.92 Å². The van der Waals surface area contributed by atoms with Gasteiger partial charge >= 0.3 is 12.4 Å². The third-order valence-electron chi connectivity index (χ3n) is 2.21. The van der Waals surface area contributed by atoms with Crippen LogP contribution in [0.4, 0.5) is 32.0 Å². The van der Waals surface area contributed by atoms with Gasteiger partial charge in [0, 0.05) is 5.56 Å². The van der Waals surface area contributed by atoms with Gasteiger partial charge in [-0.1, -0.05) is 6.07 Å². The molecule has 18 heavy (non-hydrogen) atoms. The normalized spacial score (nSPS) is 12.6. The Morgan fingerprint density at radius 2 is 1.56 bits per heavy atom. The topological polar surface area (TPSA) is 43.1 Å². The van der Waals surface area contributed by atoms with Gasteiger partial charge in [0.25, 0.3) is 0 Å². The van der Waals surface area contributed by atoms with Crippen molar-refractivity contribution in [2.24, 2.45) is 0 Å². The highest BCUT2D eigenvalue weighted by atomic mass is 19.4. The number of hydrogen-bond donors (Lipinski definition) is 1. The third-order valence-corrected chi connectivity index (χ3v) is 2.21. The summed E-state index contributed by atoms with van der Waals surface area (Å²) in [7, 11) is 0. The van der Waals surface area contributed by atoms with Crippen molar-refractivity contribution < 1.29 is 31.1 Å². The molecule has 0 saturated carbocycles. The van der Waals surface area contributed by atoms with E-state index in [0.29, 0.717) is 12.1 Å². The number of Topliss-reactive ketones (excluding diaryl/α,β-unsaturated/α-hetero) is 1. The van der Waals surface area contributed by atoms with E-state index < -0.39 is 40.5 Å². The molecule has 2 nitrogen and oxygen atoms in total. The molecule has 0 aliphatic heterocycles. The van der Waals surface area contributed by atoms with Crippen molar-refractivity contribution in [1.29, 1.82) is 0 Å². The Labute approximate surface area is 97.4 Å². The summed E-state index contributed by atoms with van der Waals surface area (Å²) < 4.78 is 75.2. The maximum absolute atomic E-state index is 12.6. The van der Waals surface area contributed by atoms with E-state index in [4.69, 9.17) is 5.73 Å². The molecule has 1 rings (SSSR count). The number of carbonyl (C=O) groups excluding carboxylic acids is 1. The van der Waals surface area contributed by atoms with Crippen molar-refractivity contribution in [2.45, 2.75) is 19.3 Å². The lowest BCUT2D eigenvalue weighted by Gasteiger charge is -2.18. The molecule has 100 valence electrons. The number of anilines is 1. The van der Waals surface area contributed by atoms with Gasteiger partial charge < -0.3 is 5.73 Å². The van der Waals surface area contributed by atoms with Crippen LogP contribution in [-0.4, -0.2) is 5.78 Å². The van der Waals surface area contributed by atoms with Gasteiger partial charge in [0.1, 0.15) is 0 Å². The van der Waals surface area contributed by atoms with E-state index in [9.17, 15) is 31.1 Å². The summed E-state index contributed by atoms with van der Waals surface area (Å²) in [5.41, 5.74) is -0.820. The summed E-state index contributed by atoms with van der Waals surface area (Å²) >= 11 is 0. The van der Waals surface area contributed by atoms with Gasteiger partial charge in [0.05, 0.1) is 16.8 Å². The lowest BCUT2D eigenvalue weighted by atomic mass is 9.98. The number of rotatable bonds is 1. The lowest BCUT2D eigenvalue weighted by molar-refractivity contribution is -0.141. The smallest absolute Gasteiger partial charge is 0.398 e. The molecule has 0 saturated heterocycles. The molecule has 0 aliphatic carbocycles. The minimum atomic E-state index is -5.13. The number of carbonyl (C=O) groups is 1. The standard InChI is InChI=1S/C10H7F6NO/c1-4(18)5-2-3-6(9(11,12)13)8(17)7(5)10(14,15)16/h2-3H,17H2,1H3. The van der Waals surface area contributed by atoms with Crippen LogP contribution in [0.1, 0.15) is 28.4 Å². The average Bonchev–Trinajstić information content (AvgIpc) is 2.12. The highest BCUT2D eigenvalue weighted by Crippen LogP contribution is 2.42. The van der Waals surface area contributed by atoms with Crippen molar-refractivity contribution in [3.63, 3.8) is 0 Å². The average molecular weight is 271 g/mol. The number of benzene rings is 1. The number of nitrogens with two attached hydrogens (primary N) is 1. The van der Waals surface area contributed by atoms with Gasteiger partial charge in [-0.05, 0) is 13.0 Å². The van der Waals surface area contributed by atoms with Crippen LogP contribution in [-0.2, 0) is 12.4 Å². The predicted molar refractivity (Wildman–Crippen MR) is 50.9 cm³/mol. The molecule has 0 bridgehead atoms. The summed E-state index contributed by atoms with van der Waals surface area (Å²) in [6.45, 7) is 0.817. The van der Waals surface area contributed by atoms with E-state index in [2.05, 4.69) is 0 Å². The Morgan fingerprint density at radius 1 is 1.06 bits per heavy atom. The van der Waals surface area contributed by atoms with E-state index in [-0.39, 0.29) is 0 Å². The van der Waals surface area contributed by atoms with Crippen LogP contribution in [0.25, 0.3) is 0 Å². The van der Waals surface area contributed by atoms with Gasteiger partial charge in [0.15, 0.2) is 5.78 Å². The summed E-state index contributed by atoms with van der Waals surface area (Å²) in [6, 6.07) is 0.839. The SMILES string of the molecule is CC(=O)c1ccc(C(F)(F)F)c(N)c1C(F)(F)F. The first-order valence-electron chi connectivity index (χ1n) is 4.54. The second-order valence-corrected chi connectivity index (χ2v) is 3.50. The van der Waals surface area contributed by atoms with Gasteiger partial charge in [-0.25, -0.2) is 0 Å². The fourth-order valence-electron chi connectivity index (χ4n) is 1.47. The molecule has 0 aromatic heterocycles. The first kappa shape index (κ1) is 14.3. The molecule has 0 amide bonds. The molecule has 0 spiro atoms. The van der Waals surface area contributed by atoms with Crippen LogP contribution in [0.3, 0.4) is 0 Å². The van der Waals surface area contributed by atoms with Crippen LogP contribution in [0.2, 0.25) is 0 Å². The van der Waals surface area contributed by atoms with Crippen molar-refractivity contribution in [3.05, 3.63) is 28.8 Å². The second-order valence-electron chi connectivity index (χ2n) is 3.50. The summed E-state index contributed by atoms with van der Waals surface area (Å²) in [4.78, 5) is 11.0. The highest BCUT2D eigenvalue weighted by molar-refractivity contribution is 5.97. The molecule has 8 heteroatoms. The molecule has 1 aromatic rings. The molecular formula is C10H7F6NO. The Bertz CT molecular complexity index is 488. The van der Waals surface area contributed by atoms with Crippen LogP contribution in [0.5, 0.6) is 0 Å². The zero-order valence-electron chi connectivity index (χ0n) is 8.91. The van der Waals surface area contributed by atoms with E-state index in [1.807, 2.05) is 0 Å². The third kappa shape index (κ3) is 2.57. The van der Waals surface area contributed by atoms with Gasteiger partial charge in [0.2, 0.25) is 0 Å². The van der Waals surface area contributed by atoms with E-state index in [1.165, 1.54) is 0 Å². The molecule has 0 unspecified atom stereocenters. The van der Waals surface area contributed by atoms with Crippen molar-refractivity contribution in [1.82, 2.24) is 0 Å². The van der Waals surface area contributed by atoms with Crippen LogP contribution in [0.15, 0.2) is 12.1 Å². The van der Waals surface area contributed by atoms with Gasteiger partial charge in [-0.15, -0.1) is 0 Å². The van der Waals surface area contributed by atoms with Gasteiger partial charge in [-0.2, -0.15) is 26.3 Å². The Kier molecular flexibility index (Phi) is 3.33. The maximum atomic E-state index is 12.6. The summed E-state index contributed by atoms with van der Waals surface area (Å²) in [5.74, 6) is -1.01. The number of alkyl halides is 6. The summed E-state index contributed by atoms with van der Waals surface area (Å²) in [6.07, 6.45) is -10.1. The molecule has 0 atom stereocenters. The number of nitrogen functional groups attached to an aromatic ring is 1. The number of hydrogen-bond acceptors (Lipinski definition) is 2. The Balaban J connectivity index is 3.67. The van der Waals surface area contributed by atoms with Crippen LogP contribution in [0, 0.1) is 0 Å². The first-order valence-corrected chi connectivity index (χ1v) is 4.54. The largest absolute Gasteiger partial charge is 0.419 e. The first-order chi connectivity index (χ1) is 7.96. The van der Waals surface area contributed by atoms with Gasteiger partial charge in [-0.3, -0.25) is 4.79 Å². The Morgan fingerprint density at radius 3 is 1.89 bits per heavy atom. The zero-order valence-corrected chi connectivity index (χ0v) is 8.91. The van der Waals surface area contributed by atoms with Crippen molar-refractivity contribution in [3.8, 4) is 0 Å². The Hall–Kier alpha value is -1.73. The monoisotopic (exact) mass is 271 g/mol.